The average Bonchev–Trinajstić information content (AvgIpc) is 2.98. The van der Waals surface area contributed by atoms with E-state index in [9.17, 15) is 0 Å². The zero-order valence-corrected chi connectivity index (χ0v) is 22.6. The van der Waals surface area contributed by atoms with Gasteiger partial charge in [-0.2, -0.15) is 0 Å². The summed E-state index contributed by atoms with van der Waals surface area (Å²) in [6.07, 6.45) is 11.0. The van der Waals surface area contributed by atoms with Crippen molar-refractivity contribution in [1.29, 1.82) is 0 Å². The van der Waals surface area contributed by atoms with Gasteiger partial charge in [-0.3, -0.25) is 0 Å². The molecule has 0 amide bonds. The Hall–Kier alpha value is -3.82. The van der Waals surface area contributed by atoms with E-state index in [0.29, 0.717) is 5.92 Å². The van der Waals surface area contributed by atoms with Crippen molar-refractivity contribution >= 4 is 0 Å². The summed E-state index contributed by atoms with van der Waals surface area (Å²) in [7, 11) is 0. The van der Waals surface area contributed by atoms with Crippen LogP contribution >= 0.6 is 0 Å². The zero-order valence-electron chi connectivity index (χ0n) is 22.6. The van der Waals surface area contributed by atoms with Crippen molar-refractivity contribution in [2.45, 2.75) is 57.8 Å². The van der Waals surface area contributed by atoms with E-state index < -0.39 is 0 Å². The number of rotatable bonds is 7. The minimum atomic E-state index is 0.709. The zero-order chi connectivity index (χ0) is 26.2. The van der Waals surface area contributed by atoms with Gasteiger partial charge in [0.05, 0.1) is 0 Å². The molecule has 1 fully saturated rings. The van der Waals surface area contributed by atoms with E-state index in [1.54, 1.807) is 0 Å². The Labute approximate surface area is 229 Å². The van der Waals surface area contributed by atoms with Crippen molar-refractivity contribution in [1.82, 2.24) is 0 Å². The van der Waals surface area contributed by atoms with Crippen LogP contribution in [0.2, 0.25) is 0 Å². The average molecular weight is 495 g/mol. The van der Waals surface area contributed by atoms with Crippen LogP contribution in [0.4, 0.5) is 0 Å². The van der Waals surface area contributed by atoms with Crippen LogP contribution in [-0.4, -0.2) is 0 Å². The van der Waals surface area contributed by atoms with Crippen LogP contribution in [0.5, 0.6) is 0 Å². The van der Waals surface area contributed by atoms with Gasteiger partial charge in [0.1, 0.15) is 0 Å². The van der Waals surface area contributed by atoms with Gasteiger partial charge in [-0.25, -0.2) is 0 Å². The fourth-order valence-electron chi connectivity index (χ4n) is 5.97. The third-order valence-electron chi connectivity index (χ3n) is 8.04. The summed E-state index contributed by atoms with van der Waals surface area (Å²) >= 11 is 0. The van der Waals surface area contributed by atoms with E-state index in [2.05, 4.69) is 122 Å². The molecule has 4 aromatic carbocycles. The molecule has 0 aliphatic heterocycles. The Morgan fingerprint density at radius 3 is 2.16 bits per heavy atom. The summed E-state index contributed by atoms with van der Waals surface area (Å²) in [6.45, 7) is 6.15. The van der Waals surface area contributed by atoms with Gasteiger partial charge in [-0.05, 0) is 90.0 Å². The van der Waals surface area contributed by atoms with Crippen LogP contribution in [0.15, 0.2) is 110 Å². The molecule has 4 aromatic rings. The van der Waals surface area contributed by atoms with Gasteiger partial charge < -0.3 is 0 Å². The molecule has 1 aliphatic rings. The van der Waals surface area contributed by atoms with Crippen LogP contribution in [0.1, 0.15) is 73.6 Å². The smallest absolute Gasteiger partial charge is 0.0333 e. The predicted molar refractivity (Wildman–Crippen MR) is 163 cm³/mol. The first-order valence-corrected chi connectivity index (χ1v) is 14.3. The van der Waals surface area contributed by atoms with E-state index in [1.165, 1.54) is 71.9 Å². The van der Waals surface area contributed by atoms with E-state index >= 15 is 0 Å². The number of allylic oxidation sites excluding steroid dienone is 1. The highest BCUT2D eigenvalue weighted by Gasteiger charge is 2.22. The van der Waals surface area contributed by atoms with Crippen LogP contribution in [-0.2, 0) is 6.42 Å². The molecule has 0 heterocycles. The van der Waals surface area contributed by atoms with Crippen molar-refractivity contribution in [2.75, 3.05) is 0 Å². The monoisotopic (exact) mass is 494 g/mol. The summed E-state index contributed by atoms with van der Waals surface area (Å²) in [5, 5.41) is 0. The fraction of sp³-hybridized carbons (Fsp3) is 0.263. The van der Waals surface area contributed by atoms with Crippen molar-refractivity contribution in [2.24, 2.45) is 5.92 Å². The van der Waals surface area contributed by atoms with Gasteiger partial charge >= 0.3 is 0 Å². The normalized spacial score (nSPS) is 16.9. The highest BCUT2D eigenvalue weighted by molar-refractivity contribution is 5.87. The number of hydrogen-bond acceptors (Lipinski definition) is 0. The standard InChI is InChI=1S/C38H38/c1-3-9-29-15-17-31(18-16-29)21-24-36-13-8-14-37(38(36)35-11-6-5-7-12-35)34-27-25-33(26-28-34)32-22-19-30(10-4-2)20-23-32/h3,5-8,11-18,25-28,30,32H,1,4,9-10,19-20,22-23H2,2H3. The second kappa shape index (κ2) is 12.6. The van der Waals surface area contributed by atoms with Crippen LogP contribution in [0.25, 0.3) is 22.3 Å². The van der Waals surface area contributed by atoms with Crippen molar-refractivity contribution in [3.8, 4) is 34.1 Å². The Morgan fingerprint density at radius 2 is 1.47 bits per heavy atom. The topological polar surface area (TPSA) is 0 Å². The fourth-order valence-corrected chi connectivity index (χ4v) is 5.97. The van der Waals surface area contributed by atoms with Gasteiger partial charge in [0.25, 0.3) is 0 Å². The lowest BCUT2D eigenvalue weighted by atomic mass is 9.77. The number of hydrogen-bond donors (Lipinski definition) is 0. The van der Waals surface area contributed by atoms with Gasteiger partial charge in [-0.15, -0.1) is 6.58 Å². The van der Waals surface area contributed by atoms with Gasteiger partial charge in [0, 0.05) is 16.7 Å². The van der Waals surface area contributed by atoms with Crippen molar-refractivity contribution in [3.63, 3.8) is 0 Å². The minimum Gasteiger partial charge on any atom is -0.103 e. The Balaban J connectivity index is 1.45. The first kappa shape index (κ1) is 25.8. The largest absolute Gasteiger partial charge is 0.103 e. The maximum Gasteiger partial charge on any atom is 0.0333 e. The molecule has 0 bridgehead atoms. The van der Waals surface area contributed by atoms with Crippen LogP contribution in [0, 0.1) is 17.8 Å². The molecule has 0 atom stereocenters. The van der Waals surface area contributed by atoms with Crippen molar-refractivity contribution < 1.29 is 0 Å². The predicted octanol–water partition coefficient (Wildman–Crippen LogP) is 10.2. The second-order valence-electron chi connectivity index (χ2n) is 10.7. The summed E-state index contributed by atoms with van der Waals surface area (Å²) in [6, 6.07) is 35.1. The molecule has 0 heteroatoms. The quantitative estimate of drug-likeness (QED) is 0.177. The molecule has 0 spiro atoms. The molecule has 1 saturated carbocycles. The molecule has 190 valence electrons. The van der Waals surface area contributed by atoms with E-state index in [1.807, 2.05) is 6.08 Å². The Kier molecular flexibility index (Phi) is 8.57. The molecule has 0 radical (unpaired) electrons. The van der Waals surface area contributed by atoms with Gasteiger partial charge in [-0.1, -0.05) is 117 Å². The lowest BCUT2D eigenvalue weighted by molar-refractivity contribution is 0.308. The van der Waals surface area contributed by atoms with Gasteiger partial charge in [0.15, 0.2) is 0 Å². The molecule has 0 N–H and O–H groups in total. The molecule has 0 unspecified atom stereocenters. The second-order valence-corrected chi connectivity index (χ2v) is 10.7. The van der Waals surface area contributed by atoms with Crippen LogP contribution in [0.3, 0.4) is 0 Å². The van der Waals surface area contributed by atoms with E-state index in [0.717, 1.165) is 23.5 Å². The molecule has 0 nitrogen and oxygen atoms in total. The summed E-state index contributed by atoms with van der Waals surface area (Å²) in [5.74, 6) is 8.56. The highest BCUT2D eigenvalue weighted by atomic mass is 14.3. The molecular weight excluding hydrogens is 456 g/mol. The third kappa shape index (κ3) is 6.17. The van der Waals surface area contributed by atoms with Crippen LogP contribution < -0.4 is 0 Å². The lowest BCUT2D eigenvalue weighted by Crippen LogP contribution is -2.13. The molecule has 0 aromatic heterocycles. The minimum absolute atomic E-state index is 0.709. The van der Waals surface area contributed by atoms with E-state index in [-0.39, 0.29) is 0 Å². The Bertz CT molecular complexity index is 1390. The molecular formula is C38H38. The highest BCUT2D eigenvalue weighted by Crippen LogP contribution is 2.39. The maximum atomic E-state index is 3.84. The maximum absolute atomic E-state index is 3.84. The summed E-state index contributed by atoms with van der Waals surface area (Å²) in [5.41, 5.74) is 9.74. The molecule has 0 saturated heterocycles. The SMILES string of the molecule is C=CCc1ccc(C#Cc2cccc(-c3ccc(C4CCC(CCC)CC4)cc3)c2-c2ccccc2)cc1. The molecule has 5 rings (SSSR count). The van der Waals surface area contributed by atoms with Gasteiger partial charge in [0.2, 0.25) is 0 Å². The molecule has 1 aliphatic carbocycles. The summed E-state index contributed by atoms with van der Waals surface area (Å²) in [4.78, 5) is 0. The molecule has 38 heavy (non-hydrogen) atoms. The first-order chi connectivity index (χ1) is 18.7. The van der Waals surface area contributed by atoms with Crippen molar-refractivity contribution in [3.05, 3.63) is 132 Å². The summed E-state index contributed by atoms with van der Waals surface area (Å²) < 4.78 is 0. The lowest BCUT2D eigenvalue weighted by Gasteiger charge is -2.28. The van der Waals surface area contributed by atoms with E-state index in [4.69, 9.17) is 0 Å². The first-order valence-electron chi connectivity index (χ1n) is 14.3. The number of benzene rings is 4. The third-order valence-corrected chi connectivity index (χ3v) is 8.04. The Morgan fingerprint density at radius 1 is 0.737 bits per heavy atom.